The van der Waals surface area contributed by atoms with Crippen LogP contribution in [0.3, 0.4) is 0 Å². The Labute approximate surface area is 253 Å². The van der Waals surface area contributed by atoms with E-state index in [-0.39, 0.29) is 48.0 Å². The maximum absolute atomic E-state index is 15.1. The van der Waals surface area contributed by atoms with Gasteiger partial charge in [-0.3, -0.25) is 14.4 Å². The summed E-state index contributed by atoms with van der Waals surface area (Å²) in [6.07, 6.45) is 3.14. The summed E-state index contributed by atoms with van der Waals surface area (Å²) in [5.74, 6) is -2.04. The zero-order valence-corrected chi connectivity index (χ0v) is 24.7. The lowest BCUT2D eigenvalue weighted by Gasteiger charge is -2.38. The van der Waals surface area contributed by atoms with Crippen LogP contribution in [0.2, 0.25) is 5.02 Å². The number of amides is 2. The van der Waals surface area contributed by atoms with Crippen molar-refractivity contribution in [1.82, 2.24) is 19.6 Å². The Kier molecular flexibility index (Phi) is 8.22. The molecule has 1 saturated carbocycles. The minimum absolute atomic E-state index is 0.0296. The highest BCUT2D eigenvalue weighted by Gasteiger charge is 2.43. The first kappa shape index (κ1) is 29.3. The monoisotopic (exact) mass is 609 g/mol. The molecule has 1 aromatic heterocycles. The van der Waals surface area contributed by atoms with Crippen molar-refractivity contribution in [3.05, 3.63) is 92.7 Å². The van der Waals surface area contributed by atoms with Gasteiger partial charge in [0, 0.05) is 68.8 Å². The molecule has 11 heteroatoms. The minimum atomic E-state index is -0.697. The predicted octanol–water partition coefficient (Wildman–Crippen LogP) is 4.53. The molecule has 8 nitrogen and oxygen atoms in total. The normalized spacial score (nSPS) is 22.8. The van der Waals surface area contributed by atoms with Gasteiger partial charge in [0.15, 0.2) is 0 Å². The average Bonchev–Trinajstić information content (AvgIpc) is 3.73. The van der Waals surface area contributed by atoms with Crippen LogP contribution >= 0.6 is 11.6 Å². The van der Waals surface area contributed by atoms with E-state index in [0.717, 1.165) is 24.5 Å². The van der Waals surface area contributed by atoms with Crippen LogP contribution < -0.4 is 10.5 Å². The van der Waals surface area contributed by atoms with Crippen LogP contribution in [0.15, 0.2) is 59.4 Å². The van der Waals surface area contributed by atoms with Crippen molar-refractivity contribution < 1.29 is 18.4 Å². The molecule has 3 aliphatic rings. The Morgan fingerprint density at radius 1 is 0.907 bits per heavy atom. The Morgan fingerprint density at radius 2 is 1.67 bits per heavy atom. The highest BCUT2D eigenvalue weighted by Crippen LogP contribution is 2.39. The first-order valence-corrected chi connectivity index (χ1v) is 15.2. The fourth-order valence-corrected chi connectivity index (χ4v) is 6.59. The first-order valence-electron chi connectivity index (χ1n) is 14.8. The van der Waals surface area contributed by atoms with E-state index in [4.69, 9.17) is 11.6 Å². The molecule has 0 spiro atoms. The quantitative estimate of drug-likeness (QED) is 0.425. The fourth-order valence-electron chi connectivity index (χ4n) is 6.46. The lowest BCUT2D eigenvalue weighted by Crippen LogP contribution is -2.48. The fraction of sp³-hybridized carbons (Fsp3) is 0.438. The van der Waals surface area contributed by atoms with Crippen molar-refractivity contribution in [2.75, 3.05) is 37.6 Å². The number of hydrogen-bond acceptors (Lipinski definition) is 5. The van der Waals surface area contributed by atoms with Gasteiger partial charge < -0.3 is 14.7 Å². The Morgan fingerprint density at radius 3 is 2.37 bits per heavy atom. The van der Waals surface area contributed by atoms with Gasteiger partial charge in [-0.15, -0.1) is 0 Å². The molecule has 3 fully saturated rings. The van der Waals surface area contributed by atoms with Gasteiger partial charge in [0.25, 0.3) is 5.56 Å². The van der Waals surface area contributed by atoms with Crippen molar-refractivity contribution in [2.24, 2.45) is 18.9 Å². The summed E-state index contributed by atoms with van der Waals surface area (Å²) < 4.78 is 30.1. The van der Waals surface area contributed by atoms with Crippen LogP contribution in [0.4, 0.5) is 14.6 Å². The molecule has 43 heavy (non-hydrogen) atoms. The van der Waals surface area contributed by atoms with Crippen molar-refractivity contribution in [2.45, 2.75) is 37.6 Å². The summed E-state index contributed by atoms with van der Waals surface area (Å²) >= 11 is 6.13. The number of nitrogens with zero attached hydrogens (tertiary/aromatic N) is 5. The highest BCUT2D eigenvalue weighted by molar-refractivity contribution is 6.30. The van der Waals surface area contributed by atoms with Crippen LogP contribution in [0, 0.1) is 23.5 Å². The Balaban J connectivity index is 1.26. The molecule has 0 radical (unpaired) electrons. The van der Waals surface area contributed by atoms with Crippen LogP contribution in [0.5, 0.6) is 0 Å². The number of anilines is 1. The van der Waals surface area contributed by atoms with Gasteiger partial charge in [-0.1, -0.05) is 29.8 Å². The summed E-state index contributed by atoms with van der Waals surface area (Å²) in [4.78, 5) is 45.2. The molecule has 226 valence electrons. The van der Waals surface area contributed by atoms with Crippen molar-refractivity contribution >= 4 is 29.2 Å². The number of aromatic nitrogens is 2. The van der Waals surface area contributed by atoms with Crippen molar-refractivity contribution in [3.63, 3.8) is 0 Å². The van der Waals surface area contributed by atoms with E-state index in [0.29, 0.717) is 43.3 Å². The molecule has 2 saturated heterocycles. The molecular weight excluding hydrogens is 576 g/mol. The van der Waals surface area contributed by atoms with Gasteiger partial charge in [0.05, 0.1) is 12.0 Å². The summed E-state index contributed by atoms with van der Waals surface area (Å²) in [5, 5.41) is 4.98. The summed E-state index contributed by atoms with van der Waals surface area (Å²) in [6, 6.07) is 14.0. The molecular formula is C32H34ClF2N5O3. The second-order valence-electron chi connectivity index (χ2n) is 11.8. The van der Waals surface area contributed by atoms with Gasteiger partial charge in [-0.2, -0.15) is 5.10 Å². The number of halogens is 3. The van der Waals surface area contributed by atoms with Gasteiger partial charge in [-0.05, 0) is 61.1 Å². The average molecular weight is 610 g/mol. The topological polar surface area (TPSA) is 78.8 Å². The zero-order chi connectivity index (χ0) is 30.2. The number of benzene rings is 2. The van der Waals surface area contributed by atoms with Gasteiger partial charge >= 0.3 is 0 Å². The minimum Gasteiger partial charge on any atom is -0.354 e. The molecule has 3 aromatic rings. The van der Waals surface area contributed by atoms with E-state index in [1.165, 1.54) is 22.9 Å². The Bertz CT molecular complexity index is 1580. The highest BCUT2D eigenvalue weighted by atomic mass is 35.5. The molecule has 6 rings (SSSR count). The van der Waals surface area contributed by atoms with Crippen molar-refractivity contribution in [1.29, 1.82) is 0 Å². The predicted molar refractivity (Wildman–Crippen MR) is 159 cm³/mol. The van der Waals surface area contributed by atoms with Gasteiger partial charge in [-0.25, -0.2) is 13.5 Å². The first-order chi connectivity index (χ1) is 20.7. The second-order valence-corrected chi connectivity index (χ2v) is 12.2. The lowest BCUT2D eigenvalue weighted by atomic mass is 9.87. The number of carbonyl (C=O) groups excluding carboxylic acids is 2. The molecule has 3 heterocycles. The van der Waals surface area contributed by atoms with E-state index in [1.54, 1.807) is 18.0 Å². The number of hydrogen-bond donors (Lipinski definition) is 0. The van der Waals surface area contributed by atoms with Gasteiger partial charge in [0.1, 0.15) is 17.5 Å². The van der Waals surface area contributed by atoms with E-state index in [9.17, 15) is 18.8 Å². The van der Waals surface area contributed by atoms with Gasteiger partial charge in [0.2, 0.25) is 11.8 Å². The molecule has 0 unspecified atom stereocenters. The third-order valence-electron chi connectivity index (χ3n) is 8.94. The van der Waals surface area contributed by atoms with E-state index in [2.05, 4.69) is 5.10 Å². The molecule has 3 atom stereocenters. The summed E-state index contributed by atoms with van der Waals surface area (Å²) in [6.45, 7) is 1.79. The third-order valence-corrected chi connectivity index (χ3v) is 9.19. The summed E-state index contributed by atoms with van der Waals surface area (Å²) in [5.41, 5.74) is 1.04. The van der Waals surface area contributed by atoms with Crippen LogP contribution in [0.1, 0.15) is 48.8 Å². The van der Waals surface area contributed by atoms with E-state index in [1.807, 2.05) is 34.1 Å². The third kappa shape index (κ3) is 6.16. The Hall–Kier alpha value is -3.79. The van der Waals surface area contributed by atoms with Crippen molar-refractivity contribution in [3.8, 4) is 0 Å². The maximum Gasteiger partial charge on any atom is 0.266 e. The molecule has 0 bridgehead atoms. The number of carbonyl (C=O) groups is 2. The molecule has 2 amide bonds. The second kappa shape index (κ2) is 12.1. The maximum atomic E-state index is 15.1. The molecule has 1 aliphatic carbocycles. The largest absolute Gasteiger partial charge is 0.354 e. The molecule has 0 N–H and O–H groups in total. The van der Waals surface area contributed by atoms with Crippen LogP contribution in [0.25, 0.3) is 0 Å². The standard InChI is InChI=1S/C32H34ClF2N5O3/c1-37-30(41)13-12-29(36-37)39-18-25(24-11-10-23(34)17-27(24)35)26(19-39)32(43)38-14-2-3-28(20-6-8-22(33)9-7-20)40(16-15-38)31(42)21-4-5-21/h6-13,17,21,25-26,28H,2-5,14-16,18-19H2,1H3/t25-,26+,28-/m0/s1. The van der Waals surface area contributed by atoms with E-state index >= 15 is 4.39 Å². The lowest BCUT2D eigenvalue weighted by molar-refractivity contribution is -0.141. The molecule has 2 aromatic carbocycles. The summed E-state index contributed by atoms with van der Waals surface area (Å²) in [7, 11) is 1.55. The zero-order valence-electron chi connectivity index (χ0n) is 24.0. The smallest absolute Gasteiger partial charge is 0.266 e. The van der Waals surface area contributed by atoms with E-state index < -0.39 is 23.5 Å². The van der Waals surface area contributed by atoms with Crippen LogP contribution in [-0.4, -0.2) is 64.1 Å². The molecule has 2 aliphatic heterocycles. The number of aryl methyl sites for hydroxylation is 1. The number of rotatable bonds is 5. The van der Waals surface area contributed by atoms with Crippen LogP contribution in [-0.2, 0) is 16.6 Å². The SMILES string of the molecule is Cn1nc(N2C[C@@H](C(=O)N3CCC[C@@H](c4ccc(Cl)cc4)N(C(=O)C4CC4)CC3)[C@H](c3ccc(F)cc3F)C2)ccc1=O.